The van der Waals surface area contributed by atoms with Crippen molar-refractivity contribution in [2.75, 3.05) is 11.9 Å². The van der Waals surface area contributed by atoms with Crippen LogP contribution in [0.2, 0.25) is 0 Å². The lowest BCUT2D eigenvalue weighted by Gasteiger charge is -2.22. The van der Waals surface area contributed by atoms with Crippen LogP contribution in [0.15, 0.2) is 24.3 Å². The number of rotatable bonds is 7. The minimum Gasteiger partial charge on any atom is -0.347 e. The van der Waals surface area contributed by atoms with Gasteiger partial charge in [0.15, 0.2) is 0 Å². The lowest BCUT2D eigenvalue weighted by molar-refractivity contribution is -0.124. The van der Waals surface area contributed by atoms with Crippen LogP contribution in [0.4, 0.5) is 5.13 Å². The van der Waals surface area contributed by atoms with Crippen molar-refractivity contribution >= 4 is 28.3 Å². The Balaban J connectivity index is 1.79. The van der Waals surface area contributed by atoms with E-state index in [1.165, 1.54) is 16.9 Å². The summed E-state index contributed by atoms with van der Waals surface area (Å²) in [7, 11) is 0. The van der Waals surface area contributed by atoms with Crippen LogP contribution < -0.4 is 10.6 Å². The molecule has 0 saturated carbocycles. The Labute approximate surface area is 164 Å². The molecule has 27 heavy (non-hydrogen) atoms. The smallest absolute Gasteiger partial charge is 0.245 e. The van der Waals surface area contributed by atoms with Crippen LogP contribution in [0, 0.1) is 18.3 Å². The van der Waals surface area contributed by atoms with Crippen LogP contribution in [0.5, 0.6) is 0 Å². The topological polar surface area (TPSA) is 84.0 Å². The molecule has 146 valence electrons. The predicted octanol–water partition coefficient (Wildman–Crippen LogP) is 4.03. The molecule has 0 spiro atoms. The second kappa shape index (κ2) is 9.08. The van der Waals surface area contributed by atoms with Gasteiger partial charge in [-0.05, 0) is 24.7 Å². The highest BCUT2D eigenvalue weighted by Crippen LogP contribution is 2.27. The lowest BCUT2D eigenvalue weighted by Crippen LogP contribution is -2.33. The molecule has 2 aromatic rings. The molecular weight excluding hydrogens is 360 g/mol. The van der Waals surface area contributed by atoms with Crippen molar-refractivity contribution in [1.29, 1.82) is 0 Å². The van der Waals surface area contributed by atoms with Crippen molar-refractivity contribution in [3.05, 3.63) is 29.8 Å². The van der Waals surface area contributed by atoms with Crippen molar-refractivity contribution in [3.63, 3.8) is 0 Å². The van der Waals surface area contributed by atoms with Crippen LogP contribution in [0.1, 0.15) is 46.1 Å². The molecule has 0 fully saturated rings. The van der Waals surface area contributed by atoms with Gasteiger partial charge in [0.2, 0.25) is 16.9 Å². The molecule has 7 heteroatoms. The Morgan fingerprint density at radius 2 is 1.78 bits per heavy atom. The number of anilines is 1. The first-order chi connectivity index (χ1) is 12.6. The Kier molecular flexibility index (Phi) is 7.07. The molecule has 0 saturated heterocycles. The fourth-order valence-electron chi connectivity index (χ4n) is 2.94. The van der Waals surface area contributed by atoms with Crippen LogP contribution >= 0.6 is 11.3 Å². The molecule has 1 aromatic heterocycles. The summed E-state index contributed by atoms with van der Waals surface area (Å²) in [5.74, 6) is -0.147. The van der Waals surface area contributed by atoms with E-state index in [-0.39, 0.29) is 29.7 Å². The highest BCUT2D eigenvalue weighted by atomic mass is 32.1. The van der Waals surface area contributed by atoms with E-state index in [4.69, 9.17) is 0 Å². The Hall–Kier alpha value is -2.28. The van der Waals surface area contributed by atoms with Crippen molar-refractivity contribution < 1.29 is 9.59 Å². The molecule has 2 N–H and O–H groups in total. The van der Waals surface area contributed by atoms with E-state index in [2.05, 4.69) is 48.5 Å². The van der Waals surface area contributed by atoms with E-state index in [1.54, 1.807) is 0 Å². The van der Waals surface area contributed by atoms with Gasteiger partial charge in [-0.1, -0.05) is 68.9 Å². The monoisotopic (exact) mass is 388 g/mol. The summed E-state index contributed by atoms with van der Waals surface area (Å²) >= 11 is 1.30. The highest BCUT2D eigenvalue weighted by Gasteiger charge is 2.18. The first-order valence-electron chi connectivity index (χ1n) is 9.09. The second-order valence-electron chi connectivity index (χ2n) is 8.18. The number of benzene rings is 1. The summed E-state index contributed by atoms with van der Waals surface area (Å²) < 4.78 is 0. The summed E-state index contributed by atoms with van der Waals surface area (Å²) in [5.41, 5.74) is 2.31. The van der Waals surface area contributed by atoms with E-state index in [0.29, 0.717) is 11.6 Å². The van der Waals surface area contributed by atoms with Crippen molar-refractivity contribution in [2.45, 2.75) is 47.5 Å². The van der Waals surface area contributed by atoms with Crippen molar-refractivity contribution in [2.24, 2.45) is 11.3 Å². The van der Waals surface area contributed by atoms with Crippen LogP contribution in [0.3, 0.4) is 0 Å². The van der Waals surface area contributed by atoms with E-state index in [0.717, 1.165) is 17.0 Å². The molecule has 0 aliphatic carbocycles. The van der Waals surface area contributed by atoms with Gasteiger partial charge >= 0.3 is 0 Å². The fourth-order valence-corrected chi connectivity index (χ4v) is 3.70. The third-order valence-electron chi connectivity index (χ3n) is 3.91. The third kappa shape index (κ3) is 7.46. The summed E-state index contributed by atoms with van der Waals surface area (Å²) in [6, 6.07) is 7.96. The lowest BCUT2D eigenvalue weighted by atomic mass is 9.84. The molecular formula is C20H28N4O2S. The maximum atomic E-state index is 12.0. The summed E-state index contributed by atoms with van der Waals surface area (Å²) in [6.45, 7) is 10.5. The number of aromatic nitrogens is 2. The molecule has 1 atom stereocenters. The summed E-state index contributed by atoms with van der Waals surface area (Å²) in [4.78, 5) is 24.0. The van der Waals surface area contributed by atoms with Gasteiger partial charge < -0.3 is 5.32 Å². The Morgan fingerprint density at radius 1 is 1.11 bits per heavy atom. The molecule has 0 bridgehead atoms. The van der Waals surface area contributed by atoms with E-state index < -0.39 is 0 Å². The maximum Gasteiger partial charge on any atom is 0.245 e. The average molecular weight is 389 g/mol. The predicted molar refractivity (Wildman–Crippen MR) is 110 cm³/mol. The number of nitrogens with one attached hydrogen (secondary N) is 2. The van der Waals surface area contributed by atoms with Crippen molar-refractivity contribution in [3.8, 4) is 10.6 Å². The van der Waals surface area contributed by atoms with E-state index in [1.807, 2.05) is 31.2 Å². The van der Waals surface area contributed by atoms with Crippen LogP contribution in [-0.4, -0.2) is 28.6 Å². The normalized spacial score (nSPS) is 12.5. The maximum absolute atomic E-state index is 12.0. The molecule has 6 nitrogen and oxygen atoms in total. The Bertz CT molecular complexity index is 778. The molecule has 2 rings (SSSR count). The second-order valence-corrected chi connectivity index (χ2v) is 9.15. The molecule has 2 amide bonds. The standard InChI is InChI=1S/C20H28N4O2S/c1-13-6-8-15(9-7-13)18-23-24-19(27-18)22-17(26)12-21-16(25)10-14(2)11-20(3,4)5/h6-9,14H,10-12H2,1-5H3,(H,21,25)(H,22,24,26). The van der Waals surface area contributed by atoms with E-state index >= 15 is 0 Å². The molecule has 0 aliphatic heterocycles. The third-order valence-corrected chi connectivity index (χ3v) is 4.80. The molecule has 1 heterocycles. The van der Waals surface area contributed by atoms with Gasteiger partial charge in [-0.3, -0.25) is 14.9 Å². The number of hydrogen-bond acceptors (Lipinski definition) is 5. The molecule has 1 unspecified atom stereocenters. The zero-order chi connectivity index (χ0) is 20.0. The number of nitrogens with zero attached hydrogens (tertiary/aromatic N) is 2. The van der Waals surface area contributed by atoms with Gasteiger partial charge in [-0.15, -0.1) is 10.2 Å². The molecule has 1 aromatic carbocycles. The first kappa shape index (κ1) is 21.0. The van der Waals surface area contributed by atoms with Gasteiger partial charge in [-0.25, -0.2) is 0 Å². The highest BCUT2D eigenvalue weighted by molar-refractivity contribution is 7.18. The Morgan fingerprint density at radius 3 is 2.41 bits per heavy atom. The van der Waals surface area contributed by atoms with Crippen LogP contribution in [-0.2, 0) is 9.59 Å². The van der Waals surface area contributed by atoms with Gasteiger partial charge in [0.1, 0.15) is 5.01 Å². The number of carbonyl (C=O) groups excluding carboxylic acids is 2. The quantitative estimate of drug-likeness (QED) is 0.750. The van der Waals surface area contributed by atoms with E-state index in [9.17, 15) is 9.59 Å². The number of amides is 2. The molecule has 0 aliphatic rings. The summed E-state index contributed by atoms with van der Waals surface area (Å²) in [6.07, 6.45) is 1.38. The minimum absolute atomic E-state index is 0.0689. The van der Waals surface area contributed by atoms with Gasteiger partial charge in [0.25, 0.3) is 0 Å². The fraction of sp³-hybridized carbons (Fsp3) is 0.500. The largest absolute Gasteiger partial charge is 0.347 e. The average Bonchev–Trinajstić information content (AvgIpc) is 3.00. The minimum atomic E-state index is -0.307. The zero-order valence-electron chi connectivity index (χ0n) is 16.6. The van der Waals surface area contributed by atoms with Crippen LogP contribution in [0.25, 0.3) is 10.6 Å². The SMILES string of the molecule is Cc1ccc(-c2nnc(NC(=O)CNC(=O)CC(C)CC(C)(C)C)s2)cc1. The van der Waals surface area contributed by atoms with Gasteiger partial charge in [-0.2, -0.15) is 0 Å². The number of hydrogen-bond donors (Lipinski definition) is 2. The molecule has 0 radical (unpaired) electrons. The van der Waals surface area contributed by atoms with Gasteiger partial charge in [0, 0.05) is 12.0 Å². The number of carbonyl (C=O) groups is 2. The zero-order valence-corrected chi connectivity index (χ0v) is 17.4. The van der Waals surface area contributed by atoms with Crippen molar-refractivity contribution in [1.82, 2.24) is 15.5 Å². The number of aryl methyl sites for hydroxylation is 1. The first-order valence-corrected chi connectivity index (χ1v) is 9.91. The van der Waals surface area contributed by atoms with Gasteiger partial charge in [0.05, 0.1) is 6.54 Å². The summed E-state index contributed by atoms with van der Waals surface area (Å²) in [5, 5.41) is 14.6.